The number of nitrogens with one attached hydrogen (secondary N) is 1. The molecule has 10 heteroatoms. The lowest BCUT2D eigenvalue weighted by Crippen LogP contribution is -2.40. The summed E-state index contributed by atoms with van der Waals surface area (Å²) in [6.45, 7) is 1.97. The first-order chi connectivity index (χ1) is 17.3. The number of anilines is 1. The second kappa shape index (κ2) is 12.2. The molecule has 36 heavy (non-hydrogen) atoms. The molecule has 7 nitrogen and oxygen atoms in total. The normalized spacial score (nSPS) is 21.0. The Morgan fingerprint density at radius 3 is 2.53 bits per heavy atom. The molecule has 0 bridgehead atoms. The lowest BCUT2D eigenvalue weighted by molar-refractivity contribution is -0.122. The number of halogens is 3. The molecule has 1 fully saturated rings. The largest absolute Gasteiger partial charge is 0.392 e. The Kier molecular flexibility index (Phi) is 9.11. The molecular formula is C26H25F3N4O3. The van der Waals surface area contributed by atoms with Gasteiger partial charge in [0, 0.05) is 25.2 Å². The monoisotopic (exact) mass is 498 g/mol. The highest BCUT2D eigenvalue weighted by Gasteiger charge is 2.38. The highest BCUT2D eigenvalue weighted by atomic mass is 19.1. The Balaban J connectivity index is 0.000000202. The van der Waals surface area contributed by atoms with Gasteiger partial charge >= 0.3 is 0 Å². The van der Waals surface area contributed by atoms with Crippen molar-refractivity contribution in [2.24, 2.45) is 5.92 Å². The number of pyridine rings is 2. The summed E-state index contributed by atoms with van der Waals surface area (Å²) in [5.41, 5.74) is 0.694. The minimum atomic E-state index is -0.931. The molecule has 1 aliphatic heterocycles. The lowest BCUT2D eigenvalue weighted by atomic mass is 9.86. The maximum absolute atomic E-state index is 13.4. The number of aromatic nitrogens is 2. The number of carbonyl (C=O) groups is 1. The van der Waals surface area contributed by atoms with Crippen LogP contribution < -0.4 is 5.32 Å². The molecule has 0 spiro atoms. The Labute approximate surface area is 206 Å². The lowest BCUT2D eigenvalue weighted by Gasteiger charge is -2.37. The number of aldehydes is 1. The van der Waals surface area contributed by atoms with Gasteiger partial charge in [-0.15, -0.1) is 0 Å². The molecule has 1 aromatic carbocycles. The van der Waals surface area contributed by atoms with Gasteiger partial charge in [0.25, 0.3) is 0 Å². The van der Waals surface area contributed by atoms with Gasteiger partial charge in [0.2, 0.25) is 0 Å². The van der Waals surface area contributed by atoms with Crippen LogP contribution in [-0.4, -0.2) is 40.6 Å². The summed E-state index contributed by atoms with van der Waals surface area (Å²) >= 11 is 0. The van der Waals surface area contributed by atoms with E-state index in [9.17, 15) is 23.1 Å². The standard InChI is InChI=1S/C14H19N3O2.C12H6F3NO/c1-3-13-10(7-15)12(18)6-14(19-13)9-4-5-17-8-11(9)16-2;13-8-2-1-3-9(14)11(8)12-10(15)5-4-7(6-17)16-12/h4-5,8,10,12-14,16,18H,3,6H2,1-2H3;1-6H. The molecule has 4 rings (SSSR count). The van der Waals surface area contributed by atoms with Crippen molar-refractivity contribution < 1.29 is 27.8 Å². The van der Waals surface area contributed by atoms with Crippen molar-refractivity contribution in [3.63, 3.8) is 0 Å². The van der Waals surface area contributed by atoms with Crippen LogP contribution in [0.5, 0.6) is 0 Å². The number of rotatable bonds is 5. The summed E-state index contributed by atoms with van der Waals surface area (Å²) in [6, 6.07) is 9.26. The van der Waals surface area contributed by atoms with Crippen molar-refractivity contribution in [1.29, 1.82) is 5.26 Å². The highest BCUT2D eigenvalue weighted by Crippen LogP contribution is 2.38. The van der Waals surface area contributed by atoms with Gasteiger partial charge in [-0.05, 0) is 36.8 Å². The molecule has 0 amide bonds. The molecule has 1 saturated heterocycles. The van der Waals surface area contributed by atoms with Crippen LogP contribution in [0.1, 0.15) is 41.9 Å². The van der Waals surface area contributed by atoms with Gasteiger partial charge in [0.15, 0.2) is 6.29 Å². The van der Waals surface area contributed by atoms with E-state index in [4.69, 9.17) is 10.00 Å². The SMILES string of the molecule is CCC1OC(c2ccncc2NC)CC(O)C1C#N.O=Cc1ccc(F)c(-c2c(F)cccc2F)n1. The van der Waals surface area contributed by atoms with E-state index in [0.717, 1.165) is 41.6 Å². The predicted octanol–water partition coefficient (Wildman–Crippen LogP) is 4.84. The maximum Gasteiger partial charge on any atom is 0.168 e. The van der Waals surface area contributed by atoms with Crippen LogP contribution in [0.4, 0.5) is 18.9 Å². The van der Waals surface area contributed by atoms with Crippen LogP contribution in [0.15, 0.2) is 48.8 Å². The number of nitriles is 1. The Morgan fingerprint density at radius 2 is 1.92 bits per heavy atom. The molecule has 188 valence electrons. The van der Waals surface area contributed by atoms with Crippen LogP contribution in [0.2, 0.25) is 0 Å². The zero-order valence-electron chi connectivity index (χ0n) is 19.7. The fourth-order valence-corrected chi connectivity index (χ4v) is 4.00. The summed E-state index contributed by atoms with van der Waals surface area (Å²) < 4.78 is 46.3. The summed E-state index contributed by atoms with van der Waals surface area (Å²) in [5, 5.41) is 22.3. The fourth-order valence-electron chi connectivity index (χ4n) is 4.00. The van der Waals surface area contributed by atoms with Gasteiger partial charge in [-0.1, -0.05) is 13.0 Å². The molecule has 0 aliphatic carbocycles. The van der Waals surface area contributed by atoms with Crippen molar-refractivity contribution in [1.82, 2.24) is 9.97 Å². The van der Waals surface area contributed by atoms with Crippen LogP contribution in [0.3, 0.4) is 0 Å². The van der Waals surface area contributed by atoms with Crippen molar-refractivity contribution >= 4 is 12.0 Å². The summed E-state index contributed by atoms with van der Waals surface area (Å²) in [6.07, 6.45) is 3.91. The van der Waals surface area contributed by atoms with Gasteiger partial charge in [0.05, 0.1) is 47.7 Å². The Bertz CT molecular complexity index is 1230. The number of nitrogens with zero attached hydrogens (tertiary/aromatic N) is 3. The van der Waals surface area contributed by atoms with Crippen LogP contribution in [0.25, 0.3) is 11.3 Å². The fraction of sp³-hybridized carbons (Fsp3) is 0.308. The van der Waals surface area contributed by atoms with E-state index >= 15 is 0 Å². The minimum Gasteiger partial charge on any atom is -0.392 e. The first-order valence-electron chi connectivity index (χ1n) is 11.2. The molecular weight excluding hydrogens is 473 g/mol. The third kappa shape index (κ3) is 5.87. The van der Waals surface area contributed by atoms with E-state index in [-0.39, 0.29) is 17.9 Å². The molecule has 2 N–H and O–H groups in total. The quantitative estimate of drug-likeness (QED) is 0.485. The predicted molar refractivity (Wildman–Crippen MR) is 126 cm³/mol. The number of ether oxygens (including phenoxy) is 1. The molecule has 4 unspecified atom stereocenters. The highest BCUT2D eigenvalue weighted by molar-refractivity contribution is 5.74. The van der Waals surface area contributed by atoms with Gasteiger partial charge < -0.3 is 15.2 Å². The van der Waals surface area contributed by atoms with Crippen molar-refractivity contribution in [3.8, 4) is 17.3 Å². The van der Waals surface area contributed by atoms with E-state index in [1.807, 2.05) is 20.0 Å². The average molecular weight is 499 g/mol. The van der Waals surface area contributed by atoms with E-state index < -0.39 is 40.7 Å². The first kappa shape index (κ1) is 26.8. The van der Waals surface area contributed by atoms with Gasteiger partial charge in [-0.25, -0.2) is 18.2 Å². The number of carbonyl (C=O) groups excluding carboxylic acids is 1. The Morgan fingerprint density at radius 1 is 1.19 bits per heavy atom. The molecule has 0 radical (unpaired) electrons. The zero-order chi connectivity index (χ0) is 26.2. The summed E-state index contributed by atoms with van der Waals surface area (Å²) in [7, 11) is 1.83. The van der Waals surface area contributed by atoms with Crippen molar-refractivity contribution in [2.75, 3.05) is 12.4 Å². The number of aliphatic hydroxyl groups excluding tert-OH is 1. The third-order valence-corrected chi connectivity index (χ3v) is 5.82. The maximum atomic E-state index is 13.4. The van der Waals surface area contributed by atoms with E-state index in [2.05, 4.69) is 21.4 Å². The van der Waals surface area contributed by atoms with Gasteiger partial charge in [0.1, 0.15) is 28.8 Å². The van der Waals surface area contributed by atoms with Crippen LogP contribution in [-0.2, 0) is 4.74 Å². The molecule has 4 atom stereocenters. The smallest absolute Gasteiger partial charge is 0.168 e. The van der Waals surface area contributed by atoms with Gasteiger partial charge in [-0.2, -0.15) is 5.26 Å². The minimum absolute atomic E-state index is 0.0935. The summed E-state index contributed by atoms with van der Waals surface area (Å²) in [5.74, 6) is -3.19. The van der Waals surface area contributed by atoms with E-state index in [1.165, 1.54) is 0 Å². The second-order valence-electron chi connectivity index (χ2n) is 8.02. The number of aliphatic hydroxyl groups is 1. The molecule has 3 heterocycles. The van der Waals surface area contributed by atoms with E-state index in [1.54, 1.807) is 12.4 Å². The van der Waals surface area contributed by atoms with Gasteiger partial charge in [-0.3, -0.25) is 9.78 Å². The number of benzene rings is 1. The number of hydrogen-bond acceptors (Lipinski definition) is 7. The number of hydrogen-bond donors (Lipinski definition) is 2. The third-order valence-electron chi connectivity index (χ3n) is 5.82. The topological polar surface area (TPSA) is 108 Å². The zero-order valence-corrected chi connectivity index (χ0v) is 19.7. The van der Waals surface area contributed by atoms with Crippen molar-refractivity contribution in [2.45, 2.75) is 38.1 Å². The second-order valence-corrected chi connectivity index (χ2v) is 8.02. The molecule has 2 aromatic heterocycles. The van der Waals surface area contributed by atoms with Crippen molar-refractivity contribution in [3.05, 3.63) is 77.5 Å². The first-order valence-corrected chi connectivity index (χ1v) is 11.2. The van der Waals surface area contributed by atoms with Crippen LogP contribution >= 0.6 is 0 Å². The molecule has 1 aliphatic rings. The van der Waals surface area contributed by atoms with Crippen LogP contribution in [0, 0.1) is 34.7 Å². The average Bonchev–Trinajstić information content (AvgIpc) is 2.89. The van der Waals surface area contributed by atoms with E-state index in [0.29, 0.717) is 19.1 Å². The summed E-state index contributed by atoms with van der Waals surface area (Å²) in [4.78, 5) is 18.1. The molecule has 3 aromatic rings. The molecule has 0 saturated carbocycles. The Hall–Kier alpha value is -3.81.